The summed E-state index contributed by atoms with van der Waals surface area (Å²) >= 11 is 1.66. The minimum atomic E-state index is 0.466. The van der Waals surface area contributed by atoms with Gasteiger partial charge in [0, 0.05) is 12.2 Å². The summed E-state index contributed by atoms with van der Waals surface area (Å²) in [5.41, 5.74) is 8.13. The topological polar surface area (TPSA) is 97.5 Å². The molecule has 4 N–H and O–H groups in total. The van der Waals surface area contributed by atoms with Gasteiger partial charge in [0.2, 0.25) is 5.95 Å². The second-order valence-corrected chi connectivity index (χ2v) is 8.13. The Hall–Kier alpha value is -3.13. The highest BCUT2D eigenvalue weighted by Gasteiger charge is 2.17. The number of aliphatic imine (C=N–C) groups is 1. The Labute approximate surface area is 180 Å². The van der Waals surface area contributed by atoms with Crippen molar-refractivity contribution in [1.29, 1.82) is 0 Å². The molecular weight excluding hydrogens is 396 g/mol. The molecule has 30 heavy (non-hydrogen) atoms. The number of hydrogen-bond donors (Lipinski definition) is 3. The van der Waals surface area contributed by atoms with E-state index in [9.17, 15) is 0 Å². The van der Waals surface area contributed by atoms with Crippen LogP contribution >= 0.6 is 11.3 Å². The zero-order chi connectivity index (χ0) is 20.8. The number of ether oxygens (including phenoxy) is 1. The van der Waals surface area contributed by atoms with E-state index in [1.807, 2.05) is 35.7 Å². The number of allylic oxidation sites excluding steroid dienone is 1. The molecule has 4 rings (SSSR count). The van der Waals surface area contributed by atoms with Crippen molar-refractivity contribution in [1.82, 2.24) is 9.97 Å². The van der Waals surface area contributed by atoms with Crippen molar-refractivity contribution < 1.29 is 4.74 Å². The van der Waals surface area contributed by atoms with Crippen molar-refractivity contribution in [3.8, 4) is 5.75 Å². The number of hydrogen-bond acceptors (Lipinski definition) is 8. The van der Waals surface area contributed by atoms with Gasteiger partial charge in [0.05, 0.1) is 34.9 Å². The molecule has 1 aromatic carbocycles. The number of nitrogens with two attached hydrogens (primary N) is 1. The second-order valence-electron chi connectivity index (χ2n) is 7.21. The quantitative estimate of drug-likeness (QED) is 0.461. The zero-order valence-corrected chi connectivity index (χ0v) is 17.8. The van der Waals surface area contributed by atoms with Crippen LogP contribution in [0.15, 0.2) is 52.6 Å². The zero-order valence-electron chi connectivity index (χ0n) is 17.0. The van der Waals surface area contributed by atoms with Gasteiger partial charge < -0.3 is 21.1 Å². The SMILES string of the molecule is COc1ccc(N=CC(=CN)Nc2nc(NC3CCCCC3)c3sccc3n2)cc1. The van der Waals surface area contributed by atoms with Gasteiger partial charge in [-0.3, -0.25) is 4.99 Å². The molecule has 0 radical (unpaired) electrons. The van der Waals surface area contributed by atoms with Gasteiger partial charge in [0.25, 0.3) is 0 Å². The smallest absolute Gasteiger partial charge is 0.229 e. The van der Waals surface area contributed by atoms with Crippen LogP contribution in [0.2, 0.25) is 0 Å². The van der Waals surface area contributed by atoms with Gasteiger partial charge >= 0.3 is 0 Å². The van der Waals surface area contributed by atoms with E-state index in [4.69, 9.17) is 15.5 Å². The first kappa shape index (κ1) is 20.2. The second kappa shape index (κ2) is 9.58. The Morgan fingerprint density at radius 3 is 2.70 bits per heavy atom. The number of nitrogens with one attached hydrogen (secondary N) is 2. The number of nitrogens with zero attached hydrogens (tertiary/aromatic N) is 3. The summed E-state index contributed by atoms with van der Waals surface area (Å²) in [5, 5.41) is 8.86. The van der Waals surface area contributed by atoms with Gasteiger partial charge in [-0.05, 0) is 48.6 Å². The van der Waals surface area contributed by atoms with Crippen molar-refractivity contribution in [3.63, 3.8) is 0 Å². The van der Waals surface area contributed by atoms with E-state index in [-0.39, 0.29) is 0 Å². The van der Waals surface area contributed by atoms with Crippen molar-refractivity contribution in [3.05, 3.63) is 47.6 Å². The van der Waals surface area contributed by atoms with E-state index in [1.165, 1.54) is 38.3 Å². The fourth-order valence-electron chi connectivity index (χ4n) is 3.52. The molecule has 0 unspecified atom stereocenters. The number of aromatic nitrogens is 2. The predicted octanol–water partition coefficient (Wildman–Crippen LogP) is 5.06. The van der Waals surface area contributed by atoms with E-state index in [0.717, 1.165) is 27.5 Å². The third kappa shape index (κ3) is 4.88. The van der Waals surface area contributed by atoms with Gasteiger partial charge in [-0.1, -0.05) is 19.3 Å². The summed E-state index contributed by atoms with van der Waals surface area (Å²) < 4.78 is 6.25. The molecule has 156 valence electrons. The lowest BCUT2D eigenvalue weighted by Crippen LogP contribution is -2.23. The number of fused-ring (bicyclic) bond motifs is 1. The summed E-state index contributed by atoms with van der Waals surface area (Å²) in [6.07, 6.45) is 9.35. The molecule has 2 heterocycles. The summed E-state index contributed by atoms with van der Waals surface area (Å²) in [6, 6.07) is 9.96. The third-order valence-corrected chi connectivity index (χ3v) is 6.02. The van der Waals surface area contributed by atoms with Crippen molar-refractivity contribution in [2.24, 2.45) is 10.7 Å². The summed E-state index contributed by atoms with van der Waals surface area (Å²) in [7, 11) is 1.64. The van der Waals surface area contributed by atoms with Crippen LogP contribution in [0.5, 0.6) is 5.75 Å². The highest BCUT2D eigenvalue weighted by molar-refractivity contribution is 7.17. The first-order chi connectivity index (χ1) is 14.7. The Kier molecular flexibility index (Phi) is 6.44. The number of benzene rings is 1. The predicted molar refractivity (Wildman–Crippen MR) is 125 cm³/mol. The highest BCUT2D eigenvalue weighted by Crippen LogP contribution is 2.30. The molecule has 1 aliphatic rings. The molecule has 0 bridgehead atoms. The first-order valence-corrected chi connectivity index (χ1v) is 11.0. The van der Waals surface area contributed by atoms with Gasteiger partial charge in [0.15, 0.2) is 0 Å². The number of anilines is 2. The molecule has 0 amide bonds. The Balaban J connectivity index is 1.51. The van der Waals surface area contributed by atoms with Gasteiger partial charge in [0.1, 0.15) is 11.6 Å². The third-order valence-electron chi connectivity index (χ3n) is 5.11. The maximum Gasteiger partial charge on any atom is 0.229 e. The minimum absolute atomic E-state index is 0.466. The molecular formula is C22H26N6OS. The van der Waals surface area contributed by atoms with Crippen LogP contribution in [0.25, 0.3) is 10.2 Å². The highest BCUT2D eigenvalue weighted by atomic mass is 32.1. The monoisotopic (exact) mass is 422 g/mol. The van der Waals surface area contributed by atoms with E-state index in [0.29, 0.717) is 17.7 Å². The largest absolute Gasteiger partial charge is 0.497 e. The molecule has 1 fully saturated rings. The minimum Gasteiger partial charge on any atom is -0.497 e. The van der Waals surface area contributed by atoms with E-state index in [2.05, 4.69) is 20.6 Å². The molecule has 7 nitrogen and oxygen atoms in total. The standard InChI is InChI=1S/C22H26N6OS/c1-29-18-9-7-15(8-10-18)24-14-17(13-23)26-22-27-19-11-12-30-20(19)21(28-22)25-16-5-3-2-4-6-16/h7-14,16H,2-6,23H2,1H3,(H2,25,26,27,28). The summed E-state index contributed by atoms with van der Waals surface area (Å²) in [6.45, 7) is 0. The van der Waals surface area contributed by atoms with E-state index < -0.39 is 0 Å². The lowest BCUT2D eigenvalue weighted by Gasteiger charge is -2.23. The van der Waals surface area contributed by atoms with Crippen LogP contribution in [-0.4, -0.2) is 29.3 Å². The van der Waals surface area contributed by atoms with Crippen molar-refractivity contribution in [2.75, 3.05) is 17.7 Å². The van der Waals surface area contributed by atoms with Crippen LogP contribution in [0.1, 0.15) is 32.1 Å². The summed E-state index contributed by atoms with van der Waals surface area (Å²) in [5.74, 6) is 2.17. The molecule has 3 aromatic rings. The lowest BCUT2D eigenvalue weighted by atomic mass is 9.95. The molecule has 0 saturated heterocycles. The normalized spacial score (nSPS) is 15.6. The Morgan fingerprint density at radius 2 is 1.97 bits per heavy atom. The number of thiophene rings is 1. The number of rotatable bonds is 7. The van der Waals surface area contributed by atoms with Crippen LogP contribution in [0.3, 0.4) is 0 Å². The van der Waals surface area contributed by atoms with Crippen LogP contribution in [0, 0.1) is 0 Å². The molecule has 8 heteroatoms. The average Bonchev–Trinajstić information content (AvgIpc) is 3.26. The van der Waals surface area contributed by atoms with Crippen LogP contribution < -0.4 is 21.1 Å². The molecule has 1 aliphatic carbocycles. The fourth-order valence-corrected chi connectivity index (χ4v) is 4.30. The summed E-state index contributed by atoms with van der Waals surface area (Å²) in [4.78, 5) is 13.8. The van der Waals surface area contributed by atoms with Crippen LogP contribution in [0.4, 0.5) is 17.5 Å². The maximum atomic E-state index is 5.81. The van der Waals surface area contributed by atoms with Gasteiger partial charge in [-0.25, -0.2) is 4.98 Å². The molecule has 0 atom stereocenters. The van der Waals surface area contributed by atoms with Gasteiger partial charge in [-0.2, -0.15) is 4.98 Å². The van der Waals surface area contributed by atoms with Crippen molar-refractivity contribution >= 4 is 45.2 Å². The van der Waals surface area contributed by atoms with Crippen LogP contribution in [-0.2, 0) is 0 Å². The van der Waals surface area contributed by atoms with Gasteiger partial charge in [-0.15, -0.1) is 11.3 Å². The molecule has 1 saturated carbocycles. The lowest BCUT2D eigenvalue weighted by molar-refractivity contribution is 0.415. The van der Waals surface area contributed by atoms with E-state index in [1.54, 1.807) is 24.7 Å². The fraction of sp³-hybridized carbons (Fsp3) is 0.318. The maximum absolute atomic E-state index is 5.81. The molecule has 0 aliphatic heterocycles. The molecule has 0 spiro atoms. The molecule has 2 aromatic heterocycles. The van der Waals surface area contributed by atoms with Crippen molar-refractivity contribution in [2.45, 2.75) is 38.1 Å². The number of methoxy groups -OCH3 is 1. The average molecular weight is 423 g/mol. The van der Waals surface area contributed by atoms with E-state index >= 15 is 0 Å². The Morgan fingerprint density at radius 1 is 1.17 bits per heavy atom. The Bertz CT molecular complexity index is 1040. The first-order valence-electron chi connectivity index (χ1n) is 10.1.